The molecule has 0 unspecified atom stereocenters. The summed E-state index contributed by atoms with van der Waals surface area (Å²) >= 11 is 3.75. The molecule has 0 N–H and O–H groups in total. The minimum Gasteiger partial charge on any atom is -0.135 e. The Kier molecular flexibility index (Phi) is 7.77. The highest BCUT2D eigenvalue weighted by Crippen LogP contribution is 2.41. The highest BCUT2D eigenvalue weighted by molar-refractivity contribution is 7.23. The maximum Gasteiger partial charge on any atom is 0.0356 e. The summed E-state index contributed by atoms with van der Waals surface area (Å²) in [5.41, 5.74) is 15.1. The minimum atomic E-state index is 1.24. The van der Waals surface area contributed by atoms with Crippen molar-refractivity contribution >= 4 is 42.8 Å². The van der Waals surface area contributed by atoms with Crippen LogP contribution >= 0.6 is 22.7 Å². The maximum absolute atomic E-state index is 2.37. The summed E-state index contributed by atoms with van der Waals surface area (Å²) < 4.78 is 2.66. The Balaban J connectivity index is 0.913. The van der Waals surface area contributed by atoms with Crippen molar-refractivity contribution in [3.63, 3.8) is 0 Å². The van der Waals surface area contributed by atoms with Crippen LogP contribution < -0.4 is 0 Å². The Bertz CT molecular complexity index is 2350. The molecule has 0 saturated carbocycles. The van der Waals surface area contributed by atoms with Gasteiger partial charge in [0, 0.05) is 19.2 Å². The summed E-state index contributed by atoms with van der Waals surface area (Å²) in [6, 6.07) is 62.7. The first-order chi connectivity index (χ1) is 24.5. The lowest BCUT2D eigenvalue weighted by Gasteiger charge is -2.06. The lowest BCUT2D eigenvalue weighted by Crippen LogP contribution is -1.81. The molecule has 9 aromatic rings. The van der Waals surface area contributed by atoms with Crippen LogP contribution in [0.4, 0.5) is 0 Å². The van der Waals surface area contributed by atoms with E-state index in [-0.39, 0.29) is 0 Å². The van der Waals surface area contributed by atoms with Crippen LogP contribution in [-0.2, 0) is 0 Å². The second-order valence-corrected chi connectivity index (χ2v) is 15.4. The average molecular weight is 675 g/mol. The second-order valence-electron chi connectivity index (χ2n) is 13.2. The Hall–Kier alpha value is -5.54. The smallest absolute Gasteiger partial charge is 0.0356 e. The van der Waals surface area contributed by atoms with E-state index in [0.717, 1.165) is 0 Å². The van der Waals surface area contributed by atoms with Crippen LogP contribution in [0.2, 0.25) is 0 Å². The Morgan fingerprint density at radius 3 is 0.740 bits per heavy atom. The summed E-state index contributed by atoms with van der Waals surface area (Å²) in [7, 11) is 0. The molecule has 0 amide bonds. The third kappa shape index (κ3) is 5.98. The third-order valence-electron chi connectivity index (χ3n) is 9.70. The molecule has 0 saturated heterocycles. The van der Waals surface area contributed by atoms with Crippen molar-refractivity contribution < 1.29 is 0 Å². The van der Waals surface area contributed by atoms with E-state index >= 15 is 0 Å². The van der Waals surface area contributed by atoms with Crippen LogP contribution in [0.15, 0.2) is 170 Å². The predicted octanol–water partition coefficient (Wildman–Crippen LogP) is 14.7. The van der Waals surface area contributed by atoms with Gasteiger partial charge in [0.15, 0.2) is 0 Å². The molecule has 9 rings (SSSR count). The normalized spacial score (nSPS) is 11.4. The van der Waals surface area contributed by atoms with E-state index < -0.39 is 0 Å². The van der Waals surface area contributed by atoms with Crippen LogP contribution in [-0.4, -0.2) is 0 Å². The van der Waals surface area contributed by atoms with Crippen molar-refractivity contribution in [2.45, 2.75) is 13.8 Å². The minimum absolute atomic E-state index is 1.24. The number of benzene rings is 7. The highest BCUT2D eigenvalue weighted by atomic mass is 32.1. The first-order valence-electron chi connectivity index (χ1n) is 17.1. The zero-order valence-electron chi connectivity index (χ0n) is 28.0. The first kappa shape index (κ1) is 30.5. The average Bonchev–Trinajstić information content (AvgIpc) is 3.78. The van der Waals surface area contributed by atoms with Gasteiger partial charge in [0.2, 0.25) is 0 Å². The van der Waals surface area contributed by atoms with E-state index in [1.165, 1.54) is 96.7 Å². The van der Waals surface area contributed by atoms with Crippen LogP contribution in [0.25, 0.3) is 85.6 Å². The molecule has 0 bridgehead atoms. The molecular formula is C48H34S2. The van der Waals surface area contributed by atoms with Gasteiger partial charge in [-0.2, -0.15) is 0 Å². The van der Waals surface area contributed by atoms with E-state index in [0.29, 0.717) is 0 Å². The zero-order chi connectivity index (χ0) is 33.6. The van der Waals surface area contributed by atoms with Gasteiger partial charge >= 0.3 is 0 Å². The predicted molar refractivity (Wildman–Crippen MR) is 219 cm³/mol. The molecule has 2 aromatic heterocycles. The summed E-state index contributed by atoms with van der Waals surface area (Å²) in [5.74, 6) is 0. The quantitative estimate of drug-likeness (QED) is 0.165. The molecular weight excluding hydrogens is 641 g/mol. The molecule has 0 aliphatic carbocycles. The van der Waals surface area contributed by atoms with Gasteiger partial charge in [-0.05, 0) is 105 Å². The summed E-state index contributed by atoms with van der Waals surface area (Å²) in [6.45, 7) is 4.25. The van der Waals surface area contributed by atoms with Gasteiger partial charge < -0.3 is 0 Å². The molecule has 238 valence electrons. The van der Waals surface area contributed by atoms with Gasteiger partial charge in [-0.25, -0.2) is 0 Å². The third-order valence-corrected chi connectivity index (χ3v) is 12.0. The fourth-order valence-electron chi connectivity index (χ4n) is 6.71. The largest absolute Gasteiger partial charge is 0.135 e. The van der Waals surface area contributed by atoms with Crippen LogP contribution in [0.1, 0.15) is 11.1 Å². The number of rotatable bonds is 6. The van der Waals surface area contributed by atoms with Crippen molar-refractivity contribution in [2.75, 3.05) is 0 Å². The molecule has 2 heterocycles. The van der Waals surface area contributed by atoms with Gasteiger partial charge in [0.1, 0.15) is 0 Å². The summed E-state index contributed by atoms with van der Waals surface area (Å²) in [4.78, 5) is 2.61. The van der Waals surface area contributed by atoms with E-state index in [1.54, 1.807) is 0 Å². The molecule has 2 heteroatoms. The van der Waals surface area contributed by atoms with Gasteiger partial charge in [0.05, 0.1) is 0 Å². The van der Waals surface area contributed by atoms with Gasteiger partial charge in [-0.15, -0.1) is 22.7 Å². The molecule has 0 aliphatic rings. The molecule has 0 nitrogen and oxygen atoms in total. The highest BCUT2D eigenvalue weighted by Gasteiger charge is 2.11. The molecule has 0 aliphatic heterocycles. The van der Waals surface area contributed by atoms with Crippen LogP contribution in [0, 0.1) is 13.8 Å². The van der Waals surface area contributed by atoms with Crippen LogP contribution in [0.3, 0.4) is 0 Å². The SMILES string of the molecule is Cc1ccc(-c2ccc(-c3ccc(-c4cc5cc6sc(-c7ccc(-c8ccc(-c9ccc(C)cc9)cc8)cc7)cc6cc5s4)cc3)cc2)cc1. The molecule has 0 atom stereocenters. The number of hydrogen-bond acceptors (Lipinski definition) is 2. The van der Waals surface area contributed by atoms with Crippen LogP contribution in [0.5, 0.6) is 0 Å². The van der Waals surface area contributed by atoms with Gasteiger partial charge in [-0.3, -0.25) is 0 Å². The van der Waals surface area contributed by atoms with E-state index in [4.69, 9.17) is 0 Å². The second kappa shape index (κ2) is 12.7. The molecule has 0 fully saturated rings. The van der Waals surface area contributed by atoms with Crippen molar-refractivity contribution in [2.24, 2.45) is 0 Å². The summed E-state index contributed by atoms with van der Waals surface area (Å²) in [6.07, 6.45) is 0. The molecule has 50 heavy (non-hydrogen) atoms. The fraction of sp³-hybridized carbons (Fsp3) is 0.0417. The zero-order valence-corrected chi connectivity index (χ0v) is 29.6. The molecule has 7 aromatic carbocycles. The van der Waals surface area contributed by atoms with E-state index in [2.05, 4.69) is 184 Å². The monoisotopic (exact) mass is 674 g/mol. The molecule has 0 radical (unpaired) electrons. The Labute approximate surface area is 301 Å². The lowest BCUT2D eigenvalue weighted by molar-refractivity contribution is 1.47. The van der Waals surface area contributed by atoms with E-state index in [9.17, 15) is 0 Å². The van der Waals surface area contributed by atoms with Crippen molar-refractivity contribution in [1.29, 1.82) is 0 Å². The first-order valence-corrected chi connectivity index (χ1v) is 18.7. The van der Waals surface area contributed by atoms with Crippen molar-refractivity contribution in [1.82, 2.24) is 0 Å². The van der Waals surface area contributed by atoms with Crippen molar-refractivity contribution in [3.05, 3.63) is 181 Å². The van der Waals surface area contributed by atoms with E-state index in [1.807, 2.05) is 22.7 Å². The fourth-order valence-corrected chi connectivity index (χ4v) is 8.91. The van der Waals surface area contributed by atoms with Gasteiger partial charge in [-0.1, -0.05) is 157 Å². The molecule has 0 spiro atoms. The van der Waals surface area contributed by atoms with Gasteiger partial charge in [0.25, 0.3) is 0 Å². The maximum atomic E-state index is 2.37. The standard InChI is InChI=1S/C48H34S2/c1-31-3-7-33(8-4-31)35-11-15-37(16-12-35)39-19-23-41(24-20-39)45-27-43-29-48-44(30-47(43)49-45)28-46(50-48)42-25-21-40(22-26-42)38-17-13-36(14-18-38)34-9-5-32(2)6-10-34/h3-30H,1-2H3. The number of aryl methyl sites for hydroxylation is 2. The number of thiophene rings is 2. The lowest BCUT2D eigenvalue weighted by atomic mass is 9.99. The number of hydrogen-bond donors (Lipinski definition) is 0. The topological polar surface area (TPSA) is 0 Å². The Morgan fingerprint density at radius 2 is 0.480 bits per heavy atom. The number of fused-ring (bicyclic) bond motifs is 2. The van der Waals surface area contributed by atoms with Crippen molar-refractivity contribution in [3.8, 4) is 65.4 Å². The summed E-state index contributed by atoms with van der Waals surface area (Å²) in [5, 5.41) is 2.62. The Morgan fingerprint density at radius 1 is 0.260 bits per heavy atom.